The van der Waals surface area contributed by atoms with Crippen molar-refractivity contribution in [2.45, 2.75) is 5.38 Å². The SMILES string of the molecule is CN(C)C1=C(Cl)C(Cl)C(=[N+]=[N-])C=C1. The summed E-state index contributed by atoms with van der Waals surface area (Å²) in [5, 5.41) is -0.0870. The first-order chi connectivity index (χ1) is 6.07. The molecule has 3 nitrogen and oxygen atoms in total. The van der Waals surface area contributed by atoms with E-state index in [0.717, 1.165) is 5.70 Å². The molecular formula is C8H9Cl2N3. The predicted molar refractivity (Wildman–Crippen MR) is 54.0 cm³/mol. The molecule has 0 bridgehead atoms. The Kier molecular flexibility index (Phi) is 3.15. The number of allylic oxidation sites excluding steroid dienone is 3. The zero-order valence-electron chi connectivity index (χ0n) is 7.33. The van der Waals surface area contributed by atoms with Gasteiger partial charge in [-0.2, -0.15) is 4.79 Å². The van der Waals surface area contributed by atoms with Crippen molar-refractivity contribution < 1.29 is 4.79 Å². The summed E-state index contributed by atoms with van der Waals surface area (Å²) in [4.78, 5) is 4.88. The van der Waals surface area contributed by atoms with Gasteiger partial charge >= 0.3 is 5.71 Å². The fourth-order valence-corrected chi connectivity index (χ4v) is 1.61. The molecule has 0 spiro atoms. The third-order valence-corrected chi connectivity index (χ3v) is 2.70. The Morgan fingerprint density at radius 1 is 1.46 bits per heavy atom. The summed E-state index contributed by atoms with van der Waals surface area (Å²) in [7, 11) is 3.74. The summed E-state index contributed by atoms with van der Waals surface area (Å²) < 4.78 is 0. The second-order valence-corrected chi connectivity index (χ2v) is 3.69. The van der Waals surface area contributed by atoms with Gasteiger partial charge in [-0.15, -0.1) is 11.6 Å². The summed E-state index contributed by atoms with van der Waals surface area (Å²) in [6, 6.07) is 0. The molecule has 0 aliphatic heterocycles. The van der Waals surface area contributed by atoms with Gasteiger partial charge in [0.1, 0.15) is 0 Å². The topological polar surface area (TPSA) is 39.6 Å². The lowest BCUT2D eigenvalue weighted by Crippen LogP contribution is -2.23. The minimum atomic E-state index is -0.561. The van der Waals surface area contributed by atoms with Crippen molar-refractivity contribution in [3.05, 3.63) is 28.4 Å². The molecule has 1 unspecified atom stereocenters. The van der Waals surface area contributed by atoms with Crippen LogP contribution in [0.5, 0.6) is 0 Å². The standard InChI is InChI=1S/C8H9Cl2N3/c1-13(2)6-4-3-5(12-11)7(9)8(6)10/h3-4,7H,1-2H3. The van der Waals surface area contributed by atoms with Crippen LogP contribution in [-0.2, 0) is 0 Å². The van der Waals surface area contributed by atoms with Crippen molar-refractivity contribution in [2.75, 3.05) is 14.1 Å². The van der Waals surface area contributed by atoms with E-state index < -0.39 is 5.38 Å². The van der Waals surface area contributed by atoms with Gasteiger partial charge in [0.25, 0.3) is 0 Å². The minimum absolute atomic E-state index is 0.359. The molecule has 0 saturated carbocycles. The number of hydrogen-bond donors (Lipinski definition) is 0. The van der Waals surface area contributed by atoms with Gasteiger partial charge in [-0.1, -0.05) is 11.6 Å². The second kappa shape index (κ2) is 3.97. The molecule has 0 N–H and O–H groups in total. The molecule has 5 heteroatoms. The van der Waals surface area contributed by atoms with Gasteiger partial charge in [0.05, 0.1) is 10.7 Å². The van der Waals surface area contributed by atoms with E-state index >= 15 is 0 Å². The quantitative estimate of drug-likeness (QED) is 0.376. The van der Waals surface area contributed by atoms with Crippen molar-refractivity contribution in [2.24, 2.45) is 0 Å². The van der Waals surface area contributed by atoms with Crippen LogP contribution in [0.1, 0.15) is 0 Å². The molecule has 0 fully saturated rings. The summed E-state index contributed by atoms with van der Waals surface area (Å²) in [6.07, 6.45) is 3.40. The van der Waals surface area contributed by atoms with Gasteiger partial charge in [-0.25, -0.2) is 0 Å². The summed E-state index contributed by atoms with van der Waals surface area (Å²) in [6.45, 7) is 0. The fourth-order valence-electron chi connectivity index (χ4n) is 1.03. The number of nitrogens with zero attached hydrogens (tertiary/aromatic N) is 3. The highest BCUT2D eigenvalue weighted by atomic mass is 35.5. The molecule has 1 atom stereocenters. The van der Waals surface area contributed by atoms with Crippen LogP contribution in [0.15, 0.2) is 22.9 Å². The molecule has 0 saturated heterocycles. The Balaban J connectivity index is 3.11. The van der Waals surface area contributed by atoms with E-state index in [1.807, 2.05) is 19.0 Å². The van der Waals surface area contributed by atoms with E-state index in [4.69, 9.17) is 28.7 Å². The maximum absolute atomic E-state index is 8.56. The second-order valence-electron chi connectivity index (χ2n) is 2.85. The zero-order valence-corrected chi connectivity index (χ0v) is 8.84. The Hall–Kier alpha value is -0.760. The molecule has 0 aromatic rings. The molecule has 1 rings (SSSR count). The van der Waals surface area contributed by atoms with Crippen molar-refractivity contribution in [3.8, 4) is 0 Å². The number of halogens is 2. The van der Waals surface area contributed by atoms with Crippen LogP contribution in [0, 0.1) is 0 Å². The number of alkyl halides is 1. The monoisotopic (exact) mass is 217 g/mol. The number of rotatable bonds is 1. The maximum atomic E-state index is 8.56. The molecule has 0 heterocycles. The average molecular weight is 218 g/mol. The van der Waals surface area contributed by atoms with Gasteiger partial charge < -0.3 is 10.4 Å². The Morgan fingerprint density at radius 2 is 2.08 bits per heavy atom. The van der Waals surface area contributed by atoms with Crippen LogP contribution in [-0.4, -0.2) is 34.9 Å². The van der Waals surface area contributed by atoms with Crippen LogP contribution >= 0.6 is 23.2 Å². The molecular weight excluding hydrogens is 209 g/mol. The molecule has 1 aliphatic rings. The van der Waals surface area contributed by atoms with Crippen LogP contribution in [0.2, 0.25) is 0 Å². The van der Waals surface area contributed by atoms with Crippen molar-refractivity contribution >= 4 is 28.9 Å². The van der Waals surface area contributed by atoms with Gasteiger partial charge in [-0.3, -0.25) is 0 Å². The predicted octanol–water partition coefficient (Wildman–Crippen LogP) is 1.85. The normalized spacial score (nSPS) is 21.8. The minimum Gasteiger partial charge on any atom is -0.377 e. The van der Waals surface area contributed by atoms with Crippen molar-refractivity contribution in [1.82, 2.24) is 4.90 Å². The molecule has 0 aromatic carbocycles. The molecule has 70 valence electrons. The first-order valence-corrected chi connectivity index (χ1v) is 4.50. The third kappa shape index (κ3) is 1.94. The third-order valence-electron chi connectivity index (χ3n) is 1.74. The van der Waals surface area contributed by atoms with Gasteiger partial charge in [-0.05, 0) is 6.08 Å². The maximum Gasteiger partial charge on any atom is 0.315 e. The lowest BCUT2D eigenvalue weighted by Gasteiger charge is -2.19. The fraction of sp³-hybridized carbons (Fsp3) is 0.375. The van der Waals surface area contributed by atoms with Crippen LogP contribution in [0.25, 0.3) is 5.53 Å². The van der Waals surface area contributed by atoms with E-state index in [2.05, 4.69) is 4.79 Å². The molecule has 13 heavy (non-hydrogen) atoms. The van der Waals surface area contributed by atoms with Gasteiger partial charge in [0.15, 0.2) is 5.38 Å². The average Bonchev–Trinajstić information content (AvgIpc) is 2.09. The molecule has 0 aromatic heterocycles. The lowest BCUT2D eigenvalue weighted by atomic mass is 10.1. The highest BCUT2D eigenvalue weighted by Crippen LogP contribution is 2.26. The lowest BCUT2D eigenvalue weighted by molar-refractivity contribution is -0.00525. The Labute approximate surface area is 86.9 Å². The van der Waals surface area contributed by atoms with Crippen LogP contribution < -0.4 is 0 Å². The summed E-state index contributed by atoms with van der Waals surface area (Å²) in [5.41, 5.74) is 9.75. The molecule has 0 radical (unpaired) electrons. The Bertz CT molecular complexity index is 324. The largest absolute Gasteiger partial charge is 0.377 e. The number of hydrogen-bond acceptors (Lipinski definition) is 1. The van der Waals surface area contributed by atoms with E-state index in [1.54, 1.807) is 12.2 Å². The van der Waals surface area contributed by atoms with E-state index in [9.17, 15) is 0 Å². The van der Waals surface area contributed by atoms with Crippen LogP contribution in [0.3, 0.4) is 0 Å². The number of likely N-dealkylation sites (N-methyl/N-ethyl adjacent to an activating group) is 1. The van der Waals surface area contributed by atoms with Crippen molar-refractivity contribution in [1.29, 1.82) is 0 Å². The Morgan fingerprint density at radius 3 is 2.54 bits per heavy atom. The highest BCUT2D eigenvalue weighted by molar-refractivity contribution is 6.45. The van der Waals surface area contributed by atoms with E-state index in [1.165, 1.54) is 0 Å². The van der Waals surface area contributed by atoms with E-state index in [0.29, 0.717) is 10.7 Å². The van der Waals surface area contributed by atoms with Crippen molar-refractivity contribution in [3.63, 3.8) is 0 Å². The molecule has 1 aliphatic carbocycles. The van der Waals surface area contributed by atoms with E-state index in [-0.39, 0.29) is 0 Å². The zero-order chi connectivity index (χ0) is 10.0. The first kappa shape index (κ1) is 10.3. The van der Waals surface area contributed by atoms with Gasteiger partial charge in [0.2, 0.25) is 0 Å². The summed E-state index contributed by atoms with van der Waals surface area (Å²) in [5.74, 6) is 0. The highest BCUT2D eigenvalue weighted by Gasteiger charge is 2.28. The van der Waals surface area contributed by atoms with Gasteiger partial charge in [0, 0.05) is 20.2 Å². The first-order valence-electron chi connectivity index (χ1n) is 3.69. The van der Waals surface area contributed by atoms with Crippen LogP contribution in [0.4, 0.5) is 0 Å². The summed E-state index contributed by atoms with van der Waals surface area (Å²) >= 11 is 11.9. The smallest absolute Gasteiger partial charge is 0.315 e. The molecule has 0 amide bonds.